The highest BCUT2D eigenvalue weighted by atomic mass is 28.4. The second-order valence-corrected chi connectivity index (χ2v) is 15.4. The van der Waals surface area contributed by atoms with Crippen LogP contribution in [0.2, 0.25) is 16.6 Å². The normalized spacial score (nSPS) is 22.9. The lowest BCUT2D eigenvalue weighted by Crippen LogP contribution is -2.50. The van der Waals surface area contributed by atoms with Crippen LogP contribution < -0.4 is 5.73 Å². The average molecular weight is 508 g/mol. The van der Waals surface area contributed by atoms with Gasteiger partial charge < -0.3 is 24.4 Å². The van der Waals surface area contributed by atoms with Gasteiger partial charge in [0.2, 0.25) is 0 Å². The Labute approximate surface area is 206 Å². The van der Waals surface area contributed by atoms with E-state index in [0.717, 1.165) is 0 Å². The second kappa shape index (κ2) is 10.6. The monoisotopic (exact) mass is 507 g/mol. The van der Waals surface area contributed by atoms with Gasteiger partial charge in [0.15, 0.2) is 38.2 Å². The highest BCUT2D eigenvalue weighted by molar-refractivity contribution is 6.77. The standard InChI is InChI=1S/C23H37N5O6Si/c1-12(2)35(13(3)4,14(5)6)31-9-17-19(32-15(7)29)20(33-16(8)30)23(34-17)28-11-27-18-21(24)25-10-26-22(18)28/h10-14,17,19-20,23H,9H2,1-8H3,(H2,24,25,26)/t17-,19+,20+,23-/m1/s1. The predicted molar refractivity (Wildman–Crippen MR) is 132 cm³/mol. The van der Waals surface area contributed by atoms with Gasteiger partial charge in [0.25, 0.3) is 0 Å². The summed E-state index contributed by atoms with van der Waals surface area (Å²) in [5.41, 5.74) is 7.82. The Hall–Kier alpha value is -2.57. The lowest BCUT2D eigenvalue weighted by atomic mass is 10.1. The van der Waals surface area contributed by atoms with Gasteiger partial charge in [0, 0.05) is 13.8 Å². The number of nitrogen functional groups attached to an aromatic ring is 1. The molecule has 0 amide bonds. The Morgan fingerprint density at radius 3 is 2.11 bits per heavy atom. The lowest BCUT2D eigenvalue weighted by Gasteiger charge is -2.42. The van der Waals surface area contributed by atoms with Crippen LogP contribution in [0, 0.1) is 0 Å². The highest BCUT2D eigenvalue weighted by Crippen LogP contribution is 2.43. The summed E-state index contributed by atoms with van der Waals surface area (Å²) >= 11 is 0. The van der Waals surface area contributed by atoms with Crippen molar-refractivity contribution < 1.29 is 28.2 Å². The number of hydrogen-bond donors (Lipinski definition) is 1. The fourth-order valence-electron chi connectivity index (χ4n) is 5.50. The van der Waals surface area contributed by atoms with Crippen LogP contribution in [0.5, 0.6) is 0 Å². The quantitative estimate of drug-likeness (QED) is 0.397. The molecule has 4 atom stereocenters. The first-order valence-corrected chi connectivity index (χ1v) is 14.1. The molecule has 35 heavy (non-hydrogen) atoms. The Morgan fingerprint density at radius 2 is 1.57 bits per heavy atom. The Balaban J connectivity index is 2.01. The second-order valence-electron chi connectivity index (χ2n) is 9.92. The molecular formula is C23H37N5O6Si. The van der Waals surface area contributed by atoms with Crippen LogP contribution >= 0.6 is 0 Å². The van der Waals surface area contributed by atoms with Gasteiger partial charge in [0.1, 0.15) is 17.9 Å². The zero-order valence-corrected chi connectivity index (χ0v) is 22.7. The number of nitrogens with zero attached hydrogens (tertiary/aromatic N) is 4. The first-order valence-electron chi connectivity index (χ1n) is 12.0. The van der Waals surface area contributed by atoms with Crippen molar-refractivity contribution in [2.24, 2.45) is 0 Å². The zero-order valence-electron chi connectivity index (χ0n) is 21.7. The van der Waals surface area contributed by atoms with Gasteiger partial charge in [-0.2, -0.15) is 0 Å². The van der Waals surface area contributed by atoms with Crippen LogP contribution in [0.3, 0.4) is 0 Å². The molecule has 194 valence electrons. The molecule has 0 aliphatic carbocycles. The van der Waals surface area contributed by atoms with E-state index >= 15 is 0 Å². The van der Waals surface area contributed by atoms with E-state index in [1.165, 1.54) is 26.5 Å². The fraction of sp³-hybridized carbons (Fsp3) is 0.696. The molecule has 2 N–H and O–H groups in total. The van der Waals surface area contributed by atoms with Crippen LogP contribution in [0.1, 0.15) is 61.6 Å². The summed E-state index contributed by atoms with van der Waals surface area (Å²) < 4.78 is 26.0. The van der Waals surface area contributed by atoms with Crippen molar-refractivity contribution in [3.63, 3.8) is 0 Å². The van der Waals surface area contributed by atoms with E-state index < -0.39 is 44.8 Å². The number of imidazole rings is 1. The third-order valence-corrected chi connectivity index (χ3v) is 12.8. The Bertz CT molecular complexity index is 1040. The molecule has 1 aliphatic heterocycles. The van der Waals surface area contributed by atoms with Gasteiger partial charge in [-0.25, -0.2) is 15.0 Å². The van der Waals surface area contributed by atoms with Crippen molar-refractivity contribution in [2.45, 2.75) is 96.6 Å². The molecule has 0 aromatic carbocycles. The molecule has 2 aromatic rings. The maximum Gasteiger partial charge on any atom is 0.303 e. The van der Waals surface area contributed by atoms with Crippen molar-refractivity contribution in [2.75, 3.05) is 12.3 Å². The number of esters is 2. The minimum Gasteiger partial charge on any atom is -0.456 e. The van der Waals surface area contributed by atoms with Gasteiger partial charge in [-0.3, -0.25) is 14.2 Å². The molecule has 1 fully saturated rings. The average Bonchev–Trinajstić information content (AvgIpc) is 3.30. The van der Waals surface area contributed by atoms with Gasteiger partial charge in [0.05, 0.1) is 12.9 Å². The van der Waals surface area contributed by atoms with E-state index in [0.29, 0.717) is 27.8 Å². The molecular weight excluding hydrogens is 470 g/mol. The molecule has 1 aliphatic rings. The largest absolute Gasteiger partial charge is 0.456 e. The highest BCUT2D eigenvalue weighted by Gasteiger charge is 2.53. The summed E-state index contributed by atoms with van der Waals surface area (Å²) in [6.45, 7) is 16.0. The Morgan fingerprint density at radius 1 is 1.00 bits per heavy atom. The van der Waals surface area contributed by atoms with E-state index in [1.807, 2.05) is 0 Å². The minimum atomic E-state index is -2.24. The molecule has 2 aromatic heterocycles. The molecule has 12 heteroatoms. The number of carbonyl (C=O) groups excluding carboxylic acids is 2. The minimum absolute atomic E-state index is 0.191. The van der Waals surface area contributed by atoms with Crippen molar-refractivity contribution in [1.82, 2.24) is 19.5 Å². The first-order chi connectivity index (χ1) is 16.4. The van der Waals surface area contributed by atoms with Crippen molar-refractivity contribution in [1.29, 1.82) is 0 Å². The molecule has 11 nitrogen and oxygen atoms in total. The molecule has 0 spiro atoms. The lowest BCUT2D eigenvalue weighted by molar-refractivity contribution is -0.165. The van der Waals surface area contributed by atoms with Crippen molar-refractivity contribution in [3.05, 3.63) is 12.7 Å². The van der Waals surface area contributed by atoms with Crippen LogP contribution in [-0.4, -0.2) is 64.7 Å². The number of nitrogens with two attached hydrogens (primary N) is 1. The summed E-state index contributed by atoms with van der Waals surface area (Å²) in [6.07, 6.45) is -0.523. The molecule has 0 unspecified atom stereocenters. The number of fused-ring (bicyclic) bond motifs is 1. The SMILES string of the molecule is CC(=O)O[C@@H]1[C@H](OC(C)=O)[C@H](n2cnc3c(N)ncnc32)O[C@@H]1CO[Si](C(C)C)(C(C)C)C(C)C. The van der Waals surface area contributed by atoms with E-state index in [2.05, 4.69) is 56.5 Å². The first kappa shape index (κ1) is 27.0. The third-order valence-electron chi connectivity index (χ3n) is 6.76. The summed E-state index contributed by atoms with van der Waals surface area (Å²) in [5.74, 6) is -0.825. The number of anilines is 1. The van der Waals surface area contributed by atoms with Crippen LogP contribution in [0.25, 0.3) is 11.2 Å². The van der Waals surface area contributed by atoms with Gasteiger partial charge in [-0.05, 0) is 16.6 Å². The smallest absolute Gasteiger partial charge is 0.303 e. The fourth-order valence-corrected chi connectivity index (χ4v) is 11.0. The molecule has 3 rings (SSSR count). The molecule has 0 bridgehead atoms. The summed E-state index contributed by atoms with van der Waals surface area (Å²) in [4.78, 5) is 36.6. The topological polar surface area (TPSA) is 141 Å². The molecule has 0 radical (unpaired) electrons. The molecule has 1 saturated heterocycles. The maximum absolute atomic E-state index is 12.0. The van der Waals surface area contributed by atoms with Crippen LogP contribution in [0.15, 0.2) is 12.7 Å². The number of aromatic nitrogens is 4. The number of rotatable bonds is 9. The van der Waals surface area contributed by atoms with E-state index in [1.54, 1.807) is 4.57 Å². The van der Waals surface area contributed by atoms with E-state index in [4.69, 9.17) is 24.4 Å². The summed E-state index contributed by atoms with van der Waals surface area (Å²) in [7, 11) is -2.24. The van der Waals surface area contributed by atoms with Gasteiger partial charge in [-0.15, -0.1) is 0 Å². The number of ether oxygens (including phenoxy) is 3. The van der Waals surface area contributed by atoms with E-state index in [-0.39, 0.29) is 12.4 Å². The molecule has 3 heterocycles. The van der Waals surface area contributed by atoms with Gasteiger partial charge in [-0.1, -0.05) is 41.5 Å². The van der Waals surface area contributed by atoms with Gasteiger partial charge >= 0.3 is 11.9 Å². The number of carbonyl (C=O) groups is 2. The van der Waals surface area contributed by atoms with Crippen LogP contribution in [0.4, 0.5) is 5.82 Å². The zero-order chi connectivity index (χ0) is 26.1. The summed E-state index contributed by atoms with van der Waals surface area (Å²) in [6, 6.07) is 0. The van der Waals surface area contributed by atoms with E-state index in [9.17, 15) is 9.59 Å². The van der Waals surface area contributed by atoms with Crippen LogP contribution in [-0.2, 0) is 28.2 Å². The number of hydrogen-bond acceptors (Lipinski definition) is 10. The molecule has 0 saturated carbocycles. The maximum atomic E-state index is 12.0. The predicted octanol–water partition coefficient (Wildman–Crippen LogP) is 3.36. The van der Waals surface area contributed by atoms with Crippen molar-refractivity contribution >= 4 is 37.2 Å². The Kier molecular flexibility index (Phi) is 8.17. The third kappa shape index (κ3) is 5.19. The summed E-state index contributed by atoms with van der Waals surface area (Å²) in [5, 5.41) is 0. The van der Waals surface area contributed by atoms with Crippen molar-refractivity contribution in [3.8, 4) is 0 Å².